The highest BCUT2D eigenvalue weighted by molar-refractivity contribution is 7.80. The van der Waals surface area contributed by atoms with Crippen LogP contribution in [0.4, 0.5) is 0 Å². The molecule has 0 bridgehead atoms. The maximum Gasteiger partial charge on any atom is 0.263 e. The molecule has 6 nitrogen and oxygen atoms in total. The Bertz CT molecular complexity index is 773. The summed E-state index contributed by atoms with van der Waals surface area (Å²) in [6.07, 6.45) is 8.43. The van der Waals surface area contributed by atoms with Crippen LogP contribution in [0.15, 0.2) is 17.7 Å². The number of thiocarbonyl (C=S) groups is 1. The fraction of sp³-hybridized carbons (Fsp3) is 0.476. The lowest BCUT2D eigenvalue weighted by Gasteiger charge is -2.17. The summed E-state index contributed by atoms with van der Waals surface area (Å²) in [5.41, 5.74) is 0.497. The van der Waals surface area contributed by atoms with Crippen LogP contribution in [0.5, 0.6) is 11.5 Å². The van der Waals surface area contributed by atoms with E-state index in [1.165, 1.54) is 31.8 Å². The first-order chi connectivity index (χ1) is 14.0. The lowest BCUT2D eigenvalue weighted by atomic mass is 10.1. The van der Waals surface area contributed by atoms with Crippen molar-refractivity contribution in [3.63, 3.8) is 0 Å². The summed E-state index contributed by atoms with van der Waals surface area (Å²) in [5, 5.41) is 5.15. The average Bonchev–Trinajstić information content (AvgIpc) is 2.66. The van der Waals surface area contributed by atoms with Gasteiger partial charge in [-0.05, 0) is 49.3 Å². The molecule has 8 heteroatoms. The van der Waals surface area contributed by atoms with Gasteiger partial charge in [0.15, 0.2) is 16.6 Å². The molecule has 0 saturated carbocycles. The van der Waals surface area contributed by atoms with Gasteiger partial charge in [0, 0.05) is 0 Å². The fourth-order valence-electron chi connectivity index (χ4n) is 2.90. The van der Waals surface area contributed by atoms with Crippen LogP contribution in [0.1, 0.15) is 57.9 Å². The van der Waals surface area contributed by atoms with Gasteiger partial charge in [-0.15, -0.1) is 0 Å². The van der Waals surface area contributed by atoms with Crippen LogP contribution in [0.25, 0.3) is 6.08 Å². The first-order valence-corrected chi connectivity index (χ1v) is 10.7. The molecule has 1 saturated heterocycles. The van der Waals surface area contributed by atoms with Gasteiger partial charge in [-0.1, -0.05) is 50.6 Å². The third-order valence-electron chi connectivity index (χ3n) is 4.33. The Kier molecular flexibility index (Phi) is 9.41. The van der Waals surface area contributed by atoms with E-state index in [1.807, 2.05) is 6.92 Å². The average molecular weight is 439 g/mol. The minimum Gasteiger partial charge on any atom is -0.490 e. The Balaban J connectivity index is 2.11. The van der Waals surface area contributed by atoms with E-state index in [-0.39, 0.29) is 10.7 Å². The molecule has 1 aliphatic heterocycles. The summed E-state index contributed by atoms with van der Waals surface area (Å²) in [5.74, 6) is -0.166. The van der Waals surface area contributed by atoms with E-state index in [0.717, 1.165) is 12.8 Å². The zero-order valence-corrected chi connectivity index (χ0v) is 18.4. The largest absolute Gasteiger partial charge is 0.490 e. The Morgan fingerprint density at radius 2 is 1.66 bits per heavy atom. The van der Waals surface area contributed by atoms with Crippen LogP contribution >= 0.6 is 23.8 Å². The topological polar surface area (TPSA) is 76.7 Å². The quantitative estimate of drug-likeness (QED) is 0.232. The SMILES string of the molecule is CCCCCCCCOc1c(Cl)cc(C=C2C(=O)NC(=S)NC2=O)cc1OCC. The molecule has 1 aliphatic rings. The first-order valence-electron chi connectivity index (χ1n) is 9.93. The maximum absolute atomic E-state index is 12.0. The number of nitrogens with one attached hydrogen (secondary N) is 2. The molecule has 1 aromatic carbocycles. The van der Waals surface area contributed by atoms with Crippen molar-refractivity contribution in [2.24, 2.45) is 0 Å². The van der Waals surface area contributed by atoms with E-state index in [2.05, 4.69) is 17.6 Å². The number of rotatable bonds is 11. The molecule has 0 atom stereocenters. The molecule has 158 valence electrons. The van der Waals surface area contributed by atoms with Crippen LogP contribution in [-0.4, -0.2) is 30.1 Å². The highest BCUT2D eigenvalue weighted by Gasteiger charge is 2.26. The molecule has 0 aromatic heterocycles. The predicted molar refractivity (Wildman–Crippen MR) is 118 cm³/mol. The molecular formula is C21H27ClN2O4S. The van der Waals surface area contributed by atoms with Crippen molar-refractivity contribution in [2.45, 2.75) is 52.4 Å². The summed E-state index contributed by atoms with van der Waals surface area (Å²) in [6.45, 7) is 5.04. The van der Waals surface area contributed by atoms with Gasteiger partial charge in [0.2, 0.25) is 0 Å². The molecule has 1 fully saturated rings. The van der Waals surface area contributed by atoms with Crippen molar-refractivity contribution < 1.29 is 19.1 Å². The summed E-state index contributed by atoms with van der Waals surface area (Å²) in [6, 6.07) is 3.34. The highest BCUT2D eigenvalue weighted by atomic mass is 35.5. The third kappa shape index (κ3) is 7.01. The summed E-state index contributed by atoms with van der Waals surface area (Å²) >= 11 is 11.2. The van der Waals surface area contributed by atoms with Crippen molar-refractivity contribution in [3.05, 3.63) is 28.3 Å². The van der Waals surface area contributed by atoms with E-state index in [4.69, 9.17) is 33.3 Å². The standard InChI is InChI=1S/C21H27ClN2O4S/c1-3-5-6-7-8-9-10-28-18-16(22)12-14(13-17(18)27-4-2)11-15-19(25)23-21(29)24-20(15)26/h11-13H,3-10H2,1-2H3,(H2,23,24,25,26,29). The second-order valence-corrected chi connectivity index (χ2v) is 7.49. The van der Waals surface area contributed by atoms with Gasteiger partial charge < -0.3 is 9.47 Å². The second kappa shape index (κ2) is 11.8. The Hall–Kier alpha value is -2.12. The predicted octanol–water partition coefficient (Wildman–Crippen LogP) is 4.39. The molecule has 1 aromatic rings. The number of carbonyl (C=O) groups excluding carboxylic acids is 2. The van der Waals surface area contributed by atoms with Gasteiger partial charge in [0.05, 0.1) is 18.2 Å². The zero-order chi connectivity index (χ0) is 21.2. The third-order valence-corrected chi connectivity index (χ3v) is 4.82. The lowest BCUT2D eigenvalue weighted by Crippen LogP contribution is -2.51. The summed E-state index contributed by atoms with van der Waals surface area (Å²) in [4.78, 5) is 24.1. The van der Waals surface area contributed by atoms with E-state index in [1.54, 1.807) is 12.1 Å². The molecule has 2 rings (SSSR count). The fourth-order valence-corrected chi connectivity index (χ4v) is 3.36. The van der Waals surface area contributed by atoms with Crippen molar-refractivity contribution >= 4 is 46.8 Å². The van der Waals surface area contributed by atoms with E-state index < -0.39 is 11.8 Å². The van der Waals surface area contributed by atoms with Crippen LogP contribution in [0.2, 0.25) is 5.02 Å². The normalized spacial score (nSPS) is 13.8. The number of halogens is 1. The van der Waals surface area contributed by atoms with Crippen LogP contribution in [-0.2, 0) is 9.59 Å². The van der Waals surface area contributed by atoms with E-state index in [0.29, 0.717) is 35.3 Å². The van der Waals surface area contributed by atoms with Gasteiger partial charge in [-0.25, -0.2) is 0 Å². The summed E-state index contributed by atoms with van der Waals surface area (Å²) in [7, 11) is 0. The Morgan fingerprint density at radius 3 is 2.31 bits per heavy atom. The van der Waals surface area contributed by atoms with Crippen molar-refractivity contribution in [1.29, 1.82) is 0 Å². The number of unbranched alkanes of at least 4 members (excludes halogenated alkanes) is 5. The smallest absolute Gasteiger partial charge is 0.263 e. The van der Waals surface area contributed by atoms with Gasteiger partial charge in [-0.3, -0.25) is 20.2 Å². The number of ether oxygens (including phenoxy) is 2. The molecule has 2 N–H and O–H groups in total. The van der Waals surface area contributed by atoms with Crippen molar-refractivity contribution in [1.82, 2.24) is 10.6 Å². The van der Waals surface area contributed by atoms with Gasteiger partial charge >= 0.3 is 0 Å². The molecule has 1 heterocycles. The second-order valence-electron chi connectivity index (χ2n) is 6.67. The molecule has 29 heavy (non-hydrogen) atoms. The van der Waals surface area contributed by atoms with Gasteiger partial charge in [-0.2, -0.15) is 0 Å². The first kappa shape index (κ1) is 23.2. The number of benzene rings is 1. The molecule has 0 unspecified atom stereocenters. The lowest BCUT2D eigenvalue weighted by molar-refractivity contribution is -0.123. The van der Waals surface area contributed by atoms with Crippen molar-refractivity contribution in [3.8, 4) is 11.5 Å². The number of hydrogen-bond donors (Lipinski definition) is 2. The Morgan fingerprint density at radius 1 is 1.00 bits per heavy atom. The van der Waals surface area contributed by atoms with Crippen LogP contribution in [0.3, 0.4) is 0 Å². The Labute approximate surface area is 182 Å². The zero-order valence-electron chi connectivity index (χ0n) is 16.8. The minimum absolute atomic E-state index is 0.0105. The van der Waals surface area contributed by atoms with Crippen LogP contribution in [0, 0.1) is 0 Å². The van der Waals surface area contributed by atoms with E-state index in [9.17, 15) is 9.59 Å². The molecule has 0 spiro atoms. The molecule has 2 amide bonds. The van der Waals surface area contributed by atoms with Gasteiger partial charge in [0.25, 0.3) is 11.8 Å². The monoisotopic (exact) mass is 438 g/mol. The maximum atomic E-state index is 12.0. The number of amides is 2. The van der Waals surface area contributed by atoms with E-state index >= 15 is 0 Å². The number of hydrogen-bond acceptors (Lipinski definition) is 5. The molecule has 0 aliphatic carbocycles. The molecular weight excluding hydrogens is 412 g/mol. The highest BCUT2D eigenvalue weighted by Crippen LogP contribution is 2.37. The summed E-state index contributed by atoms with van der Waals surface area (Å²) < 4.78 is 11.5. The number of carbonyl (C=O) groups is 2. The molecule has 0 radical (unpaired) electrons. The van der Waals surface area contributed by atoms with Crippen molar-refractivity contribution in [2.75, 3.05) is 13.2 Å². The van der Waals surface area contributed by atoms with Crippen LogP contribution < -0.4 is 20.1 Å². The minimum atomic E-state index is -0.559. The van der Waals surface area contributed by atoms with Gasteiger partial charge in [0.1, 0.15) is 5.57 Å².